The minimum absolute atomic E-state index is 0.204. The summed E-state index contributed by atoms with van der Waals surface area (Å²) in [4.78, 5) is 13.0. The van der Waals surface area contributed by atoms with E-state index in [1.54, 1.807) is 72.8 Å². The van der Waals surface area contributed by atoms with Crippen molar-refractivity contribution in [1.29, 1.82) is 0 Å². The van der Waals surface area contributed by atoms with E-state index in [2.05, 4.69) is 0 Å². The molecule has 3 aromatic carbocycles. The lowest BCUT2D eigenvalue weighted by Gasteiger charge is -2.20. The summed E-state index contributed by atoms with van der Waals surface area (Å²) in [6.07, 6.45) is 0. The Morgan fingerprint density at radius 2 is 1.44 bits per heavy atom. The number of rotatable bonds is 8. The average molecular weight is 452 g/mol. The number of methoxy groups -OCH3 is 1. The summed E-state index contributed by atoms with van der Waals surface area (Å²) in [6.45, 7) is 2.29. The molecule has 1 heterocycles. The highest BCUT2D eigenvalue weighted by atomic mass is 31.2. The van der Waals surface area contributed by atoms with Gasteiger partial charge in [-0.1, -0.05) is 36.4 Å². The molecule has 0 spiro atoms. The molecule has 0 aliphatic carbocycles. The van der Waals surface area contributed by atoms with Crippen molar-refractivity contribution in [2.45, 2.75) is 6.92 Å². The van der Waals surface area contributed by atoms with Gasteiger partial charge in [0.25, 0.3) is 0 Å². The van der Waals surface area contributed by atoms with Crippen LogP contribution in [0.3, 0.4) is 0 Å². The number of para-hydroxylation sites is 2. The van der Waals surface area contributed by atoms with Crippen LogP contribution in [0, 0.1) is 0 Å². The van der Waals surface area contributed by atoms with Crippen molar-refractivity contribution >= 4 is 23.9 Å². The van der Waals surface area contributed by atoms with Gasteiger partial charge in [-0.15, -0.1) is 0 Å². The highest BCUT2D eigenvalue weighted by molar-refractivity contribution is 7.63. The molecule has 0 saturated carbocycles. The van der Waals surface area contributed by atoms with Gasteiger partial charge in [-0.3, -0.25) is 0 Å². The van der Waals surface area contributed by atoms with Crippen molar-refractivity contribution in [2.75, 3.05) is 13.7 Å². The molecule has 164 valence electrons. The molecule has 0 atom stereocenters. The third-order valence-electron chi connectivity index (χ3n) is 4.52. The minimum atomic E-state index is -4.20. The number of ether oxygens (including phenoxy) is 2. The van der Waals surface area contributed by atoms with Crippen molar-refractivity contribution in [3.8, 4) is 23.0 Å². The van der Waals surface area contributed by atoms with Gasteiger partial charge in [0.1, 0.15) is 17.2 Å². The average Bonchev–Trinajstić information content (AvgIpc) is 2.80. The van der Waals surface area contributed by atoms with E-state index in [1.165, 1.54) is 13.2 Å². The molecule has 0 bridgehead atoms. The molecule has 0 fully saturated rings. The molecule has 0 amide bonds. The van der Waals surface area contributed by atoms with Crippen molar-refractivity contribution in [3.63, 3.8) is 0 Å². The molecule has 4 aromatic rings. The molecule has 32 heavy (non-hydrogen) atoms. The first kappa shape index (κ1) is 21.5. The normalized spacial score (nSPS) is 11.2. The van der Waals surface area contributed by atoms with Crippen molar-refractivity contribution < 1.29 is 27.5 Å². The first-order chi connectivity index (χ1) is 15.5. The Morgan fingerprint density at radius 1 is 0.844 bits per heavy atom. The van der Waals surface area contributed by atoms with Gasteiger partial charge in [-0.25, -0.2) is 9.36 Å². The summed E-state index contributed by atoms with van der Waals surface area (Å²) in [6, 6.07) is 21.7. The second-order valence-corrected chi connectivity index (χ2v) is 8.54. The summed E-state index contributed by atoms with van der Waals surface area (Å²) >= 11 is 0. The Hall–Kier alpha value is -3.70. The van der Waals surface area contributed by atoms with Gasteiger partial charge in [-0.05, 0) is 43.3 Å². The molecule has 0 saturated heterocycles. The van der Waals surface area contributed by atoms with Crippen LogP contribution in [0.5, 0.6) is 23.0 Å². The largest absolute Gasteiger partial charge is 0.494 e. The fraction of sp³-hybridized carbons (Fsp3) is 0.125. The first-order valence-corrected chi connectivity index (χ1v) is 11.5. The van der Waals surface area contributed by atoms with Gasteiger partial charge in [0.05, 0.1) is 13.7 Å². The van der Waals surface area contributed by atoms with Crippen LogP contribution >= 0.6 is 7.60 Å². The molecule has 8 heteroatoms. The summed E-state index contributed by atoms with van der Waals surface area (Å²) in [5.41, 5.74) is -0.647. The lowest BCUT2D eigenvalue weighted by Crippen LogP contribution is -2.28. The fourth-order valence-electron chi connectivity index (χ4n) is 3.11. The molecule has 0 unspecified atom stereocenters. The summed E-state index contributed by atoms with van der Waals surface area (Å²) < 4.78 is 42.0. The Labute approximate surface area is 184 Å². The zero-order valence-electron chi connectivity index (χ0n) is 17.5. The molecule has 4 rings (SSSR count). The number of benzene rings is 3. The molecule has 7 nitrogen and oxygen atoms in total. The van der Waals surface area contributed by atoms with E-state index in [-0.39, 0.29) is 22.4 Å². The van der Waals surface area contributed by atoms with Gasteiger partial charge in [0.15, 0.2) is 16.6 Å². The molecule has 0 aliphatic rings. The second kappa shape index (κ2) is 9.20. The molecule has 0 aliphatic heterocycles. The second-order valence-electron chi connectivity index (χ2n) is 6.70. The molecule has 0 N–H and O–H groups in total. The van der Waals surface area contributed by atoms with E-state index >= 15 is 0 Å². The lowest BCUT2D eigenvalue weighted by atomic mass is 10.2. The van der Waals surface area contributed by atoms with Crippen LogP contribution in [0.4, 0.5) is 0 Å². The van der Waals surface area contributed by atoms with Gasteiger partial charge in [-0.2, -0.15) is 0 Å². The zero-order valence-corrected chi connectivity index (χ0v) is 18.4. The maximum absolute atomic E-state index is 14.0. The van der Waals surface area contributed by atoms with Crippen molar-refractivity contribution in [2.24, 2.45) is 0 Å². The predicted molar refractivity (Wildman–Crippen MR) is 122 cm³/mol. The molecule has 0 radical (unpaired) electrons. The highest BCUT2D eigenvalue weighted by Gasteiger charge is 2.36. The third-order valence-corrected chi connectivity index (χ3v) is 6.32. The molecular formula is C24H21O7P. The quantitative estimate of drug-likeness (QED) is 0.269. The maximum Gasteiger partial charge on any atom is 0.470 e. The van der Waals surface area contributed by atoms with Gasteiger partial charge in [0, 0.05) is 11.5 Å². The topological polar surface area (TPSA) is 84.2 Å². The summed E-state index contributed by atoms with van der Waals surface area (Å²) in [7, 11) is -2.74. The SMILES string of the molecule is CCOc1cc(OC)c2oc(=O)c(P(=O)(Oc3ccccc3)Oc3ccccc3)cc2c1. The van der Waals surface area contributed by atoms with Crippen LogP contribution in [0.15, 0.2) is 88.1 Å². The lowest BCUT2D eigenvalue weighted by molar-refractivity contribution is 0.336. The van der Waals surface area contributed by atoms with Crippen LogP contribution in [-0.4, -0.2) is 13.7 Å². The summed E-state index contributed by atoms with van der Waals surface area (Å²) in [5.74, 6) is 1.40. The first-order valence-electron chi connectivity index (χ1n) is 9.91. The smallest absolute Gasteiger partial charge is 0.470 e. The van der Waals surface area contributed by atoms with Crippen LogP contribution in [0.2, 0.25) is 0 Å². The predicted octanol–water partition coefficient (Wildman–Crippen LogP) is 5.18. The highest BCUT2D eigenvalue weighted by Crippen LogP contribution is 2.47. The van der Waals surface area contributed by atoms with Gasteiger partial charge in [0.2, 0.25) is 0 Å². The van der Waals surface area contributed by atoms with Gasteiger partial charge >= 0.3 is 13.2 Å². The molecular weight excluding hydrogens is 431 g/mol. The zero-order chi connectivity index (χ0) is 22.6. The van der Waals surface area contributed by atoms with Crippen LogP contribution < -0.4 is 29.5 Å². The Kier molecular flexibility index (Phi) is 6.19. The van der Waals surface area contributed by atoms with E-state index in [1.807, 2.05) is 6.92 Å². The Bertz CT molecular complexity index is 1270. The van der Waals surface area contributed by atoms with E-state index in [9.17, 15) is 9.36 Å². The third kappa shape index (κ3) is 4.48. The van der Waals surface area contributed by atoms with Crippen molar-refractivity contribution in [1.82, 2.24) is 0 Å². The number of hydrogen-bond donors (Lipinski definition) is 0. The maximum atomic E-state index is 14.0. The standard InChI is InChI=1S/C24H21O7P/c1-3-28-20-14-17-15-22(24(25)29-23(17)21(16-20)27-2)32(26,30-18-10-6-4-7-11-18)31-19-12-8-5-9-13-19/h4-16H,3H2,1-2H3. The van der Waals surface area contributed by atoms with Crippen LogP contribution in [-0.2, 0) is 4.57 Å². The molecule has 1 aromatic heterocycles. The Morgan fingerprint density at radius 3 is 1.97 bits per heavy atom. The monoisotopic (exact) mass is 452 g/mol. The Balaban J connectivity index is 1.89. The minimum Gasteiger partial charge on any atom is -0.494 e. The van der Waals surface area contributed by atoms with Crippen LogP contribution in [0.25, 0.3) is 11.0 Å². The van der Waals surface area contributed by atoms with Gasteiger partial charge < -0.3 is 22.9 Å². The van der Waals surface area contributed by atoms with Crippen LogP contribution in [0.1, 0.15) is 6.92 Å². The van der Waals surface area contributed by atoms with E-state index in [0.717, 1.165) is 0 Å². The fourth-order valence-corrected chi connectivity index (χ4v) is 4.71. The van der Waals surface area contributed by atoms with E-state index in [4.69, 9.17) is 22.9 Å². The van der Waals surface area contributed by atoms with Crippen molar-refractivity contribution in [3.05, 3.63) is 89.3 Å². The van der Waals surface area contributed by atoms with E-state index in [0.29, 0.717) is 23.5 Å². The van der Waals surface area contributed by atoms with E-state index < -0.39 is 13.2 Å². The number of hydrogen-bond acceptors (Lipinski definition) is 7. The number of fused-ring (bicyclic) bond motifs is 1. The summed E-state index contributed by atoms with van der Waals surface area (Å²) in [5, 5.41) is 0.212.